The third-order valence-electron chi connectivity index (χ3n) is 2.27. The minimum Gasteiger partial charge on any atom is -0.480 e. The Morgan fingerprint density at radius 3 is 2.50 bits per heavy atom. The maximum Gasteiger partial charge on any atom is 0.326 e. The van der Waals surface area contributed by atoms with Crippen LogP contribution in [0.2, 0.25) is 0 Å². The van der Waals surface area contributed by atoms with Crippen LogP contribution >= 0.6 is 11.3 Å². The molecule has 0 spiro atoms. The van der Waals surface area contributed by atoms with Gasteiger partial charge < -0.3 is 10.0 Å². The van der Waals surface area contributed by atoms with Crippen molar-refractivity contribution in [2.75, 3.05) is 7.05 Å². The van der Waals surface area contributed by atoms with Crippen molar-refractivity contribution in [1.29, 1.82) is 0 Å². The zero-order chi connectivity index (χ0) is 12.3. The number of hydrogen-bond acceptors (Lipinski definition) is 4. The standard InChI is InChI=1S/C10H14N2O3S/c1-6(2)8(10(14)15)12(3)9(13)7-4-11-5-16-7/h4-6,8H,1-3H3,(H,14,15). The van der Waals surface area contributed by atoms with Crippen molar-refractivity contribution < 1.29 is 14.7 Å². The number of carboxylic acid groups (broad SMARTS) is 1. The second kappa shape index (κ2) is 5.07. The number of hydrogen-bond donors (Lipinski definition) is 1. The Morgan fingerprint density at radius 2 is 2.12 bits per heavy atom. The van der Waals surface area contributed by atoms with Gasteiger partial charge in [0.25, 0.3) is 5.91 Å². The summed E-state index contributed by atoms with van der Waals surface area (Å²) in [7, 11) is 1.50. The van der Waals surface area contributed by atoms with Gasteiger partial charge in [-0.3, -0.25) is 9.78 Å². The van der Waals surface area contributed by atoms with Gasteiger partial charge in [0.05, 0.1) is 11.7 Å². The Balaban J connectivity index is 2.87. The molecule has 0 fully saturated rings. The van der Waals surface area contributed by atoms with Crippen molar-refractivity contribution in [3.05, 3.63) is 16.6 Å². The summed E-state index contributed by atoms with van der Waals surface area (Å²) >= 11 is 1.20. The summed E-state index contributed by atoms with van der Waals surface area (Å²) in [6, 6.07) is -0.811. The van der Waals surface area contributed by atoms with E-state index in [0.717, 1.165) is 0 Å². The van der Waals surface area contributed by atoms with Crippen molar-refractivity contribution in [2.24, 2.45) is 5.92 Å². The molecule has 1 aromatic heterocycles. The number of carbonyl (C=O) groups excluding carboxylic acids is 1. The molecule has 1 unspecified atom stereocenters. The predicted molar refractivity (Wildman–Crippen MR) is 60.5 cm³/mol. The SMILES string of the molecule is CC(C)C(C(=O)O)N(C)C(=O)c1cncs1. The van der Waals surface area contributed by atoms with Gasteiger partial charge in [0.15, 0.2) is 0 Å². The highest BCUT2D eigenvalue weighted by atomic mass is 32.1. The molecule has 0 aliphatic rings. The number of nitrogens with zero attached hydrogens (tertiary/aromatic N) is 2. The first-order chi connectivity index (χ1) is 7.45. The van der Waals surface area contributed by atoms with Gasteiger partial charge in [-0.25, -0.2) is 4.79 Å². The van der Waals surface area contributed by atoms with Crippen molar-refractivity contribution in [2.45, 2.75) is 19.9 Å². The van der Waals surface area contributed by atoms with E-state index in [2.05, 4.69) is 4.98 Å². The Bertz CT molecular complexity index is 375. The highest BCUT2D eigenvalue weighted by Gasteiger charge is 2.30. The van der Waals surface area contributed by atoms with Gasteiger partial charge in [0.2, 0.25) is 0 Å². The van der Waals surface area contributed by atoms with Crippen LogP contribution in [0.15, 0.2) is 11.7 Å². The Morgan fingerprint density at radius 1 is 1.50 bits per heavy atom. The van der Waals surface area contributed by atoms with Gasteiger partial charge in [-0.1, -0.05) is 13.8 Å². The molecule has 1 rings (SSSR count). The molecule has 5 nitrogen and oxygen atoms in total. The van der Waals surface area contributed by atoms with Crippen LogP contribution in [-0.4, -0.2) is 40.0 Å². The van der Waals surface area contributed by atoms with Crippen LogP contribution < -0.4 is 0 Å². The fourth-order valence-electron chi connectivity index (χ4n) is 1.52. The normalized spacial score (nSPS) is 12.5. The molecule has 0 aromatic carbocycles. The first-order valence-corrected chi connectivity index (χ1v) is 5.71. The number of carboxylic acids is 1. The highest BCUT2D eigenvalue weighted by molar-refractivity contribution is 7.11. The lowest BCUT2D eigenvalue weighted by Gasteiger charge is -2.27. The maximum atomic E-state index is 11.9. The summed E-state index contributed by atoms with van der Waals surface area (Å²) in [4.78, 5) is 28.4. The van der Waals surface area contributed by atoms with Crippen LogP contribution in [0, 0.1) is 5.92 Å². The average Bonchev–Trinajstić information content (AvgIpc) is 2.67. The number of amides is 1. The third kappa shape index (κ3) is 2.57. The molecule has 1 atom stereocenters. The molecule has 0 aliphatic heterocycles. The molecule has 16 heavy (non-hydrogen) atoms. The third-order valence-corrected chi connectivity index (χ3v) is 3.03. The van der Waals surface area contributed by atoms with E-state index in [0.29, 0.717) is 4.88 Å². The van der Waals surface area contributed by atoms with Crippen LogP contribution in [0.3, 0.4) is 0 Å². The monoisotopic (exact) mass is 242 g/mol. The summed E-state index contributed by atoms with van der Waals surface area (Å²) in [5.41, 5.74) is 1.55. The summed E-state index contributed by atoms with van der Waals surface area (Å²) < 4.78 is 0. The number of aliphatic carboxylic acids is 1. The van der Waals surface area contributed by atoms with E-state index in [1.165, 1.54) is 29.5 Å². The van der Waals surface area contributed by atoms with Crippen LogP contribution in [-0.2, 0) is 4.79 Å². The number of aromatic nitrogens is 1. The van der Waals surface area contributed by atoms with Gasteiger partial charge in [0.1, 0.15) is 10.9 Å². The fraction of sp³-hybridized carbons (Fsp3) is 0.500. The Kier molecular flexibility index (Phi) is 4.00. The summed E-state index contributed by atoms with van der Waals surface area (Å²) in [6.45, 7) is 3.55. The molecule has 88 valence electrons. The van der Waals surface area contributed by atoms with E-state index in [-0.39, 0.29) is 11.8 Å². The minimum absolute atomic E-state index is 0.139. The molecule has 0 saturated heterocycles. The van der Waals surface area contributed by atoms with Gasteiger partial charge in [0, 0.05) is 7.05 Å². The Hall–Kier alpha value is -1.43. The zero-order valence-corrected chi connectivity index (χ0v) is 10.2. The molecule has 0 aliphatic carbocycles. The number of rotatable bonds is 4. The van der Waals surface area contributed by atoms with E-state index in [1.54, 1.807) is 19.4 Å². The zero-order valence-electron chi connectivity index (χ0n) is 9.38. The predicted octanol–water partition coefficient (Wildman–Crippen LogP) is 1.32. The maximum absolute atomic E-state index is 11.9. The molecule has 6 heteroatoms. The minimum atomic E-state index is -0.990. The fourth-order valence-corrected chi connectivity index (χ4v) is 2.12. The highest BCUT2D eigenvalue weighted by Crippen LogP contribution is 2.15. The summed E-state index contributed by atoms with van der Waals surface area (Å²) in [5.74, 6) is -1.43. The molecule has 0 saturated carbocycles. The molecule has 0 bridgehead atoms. The number of carbonyl (C=O) groups is 2. The van der Waals surface area contributed by atoms with Crippen LogP contribution in [0.1, 0.15) is 23.5 Å². The topological polar surface area (TPSA) is 70.5 Å². The molecule has 0 radical (unpaired) electrons. The molecular weight excluding hydrogens is 228 g/mol. The molecule has 1 aromatic rings. The summed E-state index contributed by atoms with van der Waals surface area (Å²) in [5, 5.41) is 9.05. The number of likely N-dealkylation sites (N-methyl/N-ethyl adjacent to an activating group) is 1. The first kappa shape index (κ1) is 12.6. The molecular formula is C10H14N2O3S. The van der Waals surface area contributed by atoms with Crippen LogP contribution in [0.4, 0.5) is 0 Å². The van der Waals surface area contributed by atoms with Crippen molar-refractivity contribution in [3.63, 3.8) is 0 Å². The lowest BCUT2D eigenvalue weighted by atomic mass is 10.0. The van der Waals surface area contributed by atoms with Gasteiger partial charge >= 0.3 is 5.97 Å². The second-order valence-corrected chi connectivity index (χ2v) is 4.70. The van der Waals surface area contributed by atoms with Crippen molar-refractivity contribution >= 4 is 23.2 Å². The van der Waals surface area contributed by atoms with Gasteiger partial charge in [-0.15, -0.1) is 11.3 Å². The van der Waals surface area contributed by atoms with Crippen LogP contribution in [0.5, 0.6) is 0 Å². The van der Waals surface area contributed by atoms with E-state index in [4.69, 9.17) is 5.11 Å². The summed E-state index contributed by atoms with van der Waals surface area (Å²) in [6.07, 6.45) is 1.45. The van der Waals surface area contributed by atoms with E-state index < -0.39 is 12.0 Å². The second-order valence-electron chi connectivity index (χ2n) is 3.81. The molecule has 1 N–H and O–H groups in total. The number of thiazole rings is 1. The lowest BCUT2D eigenvalue weighted by Crippen LogP contribution is -2.45. The van der Waals surface area contributed by atoms with Crippen LogP contribution in [0.25, 0.3) is 0 Å². The molecule has 1 amide bonds. The van der Waals surface area contributed by atoms with E-state index >= 15 is 0 Å². The average molecular weight is 242 g/mol. The van der Waals surface area contributed by atoms with Crippen molar-refractivity contribution in [3.8, 4) is 0 Å². The Labute approximate surface area is 97.7 Å². The van der Waals surface area contributed by atoms with E-state index in [1.807, 2.05) is 0 Å². The van der Waals surface area contributed by atoms with Gasteiger partial charge in [-0.05, 0) is 5.92 Å². The first-order valence-electron chi connectivity index (χ1n) is 4.83. The quantitative estimate of drug-likeness (QED) is 0.864. The largest absolute Gasteiger partial charge is 0.480 e. The smallest absolute Gasteiger partial charge is 0.326 e. The van der Waals surface area contributed by atoms with E-state index in [9.17, 15) is 9.59 Å². The molecule has 1 heterocycles. The van der Waals surface area contributed by atoms with Gasteiger partial charge in [-0.2, -0.15) is 0 Å². The lowest BCUT2D eigenvalue weighted by molar-refractivity contribution is -0.143. The van der Waals surface area contributed by atoms with Crippen molar-refractivity contribution in [1.82, 2.24) is 9.88 Å².